The van der Waals surface area contributed by atoms with E-state index in [-0.39, 0.29) is 11.8 Å². The molecule has 1 aromatic heterocycles. The quantitative estimate of drug-likeness (QED) is 0.887. The number of amides is 1. The van der Waals surface area contributed by atoms with Crippen molar-refractivity contribution in [1.82, 2.24) is 4.90 Å². The number of nitrogens with zero attached hydrogens (tertiary/aromatic N) is 1. The highest BCUT2D eigenvalue weighted by molar-refractivity contribution is 7.09. The van der Waals surface area contributed by atoms with Gasteiger partial charge >= 0.3 is 5.97 Å². The summed E-state index contributed by atoms with van der Waals surface area (Å²) in [5.41, 5.74) is 0. The lowest BCUT2D eigenvalue weighted by atomic mass is 10.1. The van der Waals surface area contributed by atoms with E-state index >= 15 is 0 Å². The van der Waals surface area contributed by atoms with Crippen molar-refractivity contribution in [3.05, 3.63) is 22.4 Å². The first-order valence-electron chi connectivity index (χ1n) is 5.70. The average Bonchev–Trinajstić information content (AvgIpc) is 2.96. The van der Waals surface area contributed by atoms with E-state index < -0.39 is 5.97 Å². The summed E-state index contributed by atoms with van der Waals surface area (Å²) in [7, 11) is 0. The number of carboxylic acid groups (broad SMARTS) is 1. The first kappa shape index (κ1) is 12.1. The van der Waals surface area contributed by atoms with E-state index in [0.29, 0.717) is 25.9 Å². The molecule has 0 radical (unpaired) electrons. The molecule has 1 fully saturated rings. The van der Waals surface area contributed by atoms with Crippen molar-refractivity contribution in [1.29, 1.82) is 0 Å². The predicted octanol–water partition coefficient (Wildman–Crippen LogP) is 1.61. The van der Waals surface area contributed by atoms with Gasteiger partial charge in [0.15, 0.2) is 0 Å². The van der Waals surface area contributed by atoms with Gasteiger partial charge in [0, 0.05) is 24.4 Å². The number of aryl methyl sites for hydroxylation is 1. The summed E-state index contributed by atoms with van der Waals surface area (Å²) < 4.78 is 0. The van der Waals surface area contributed by atoms with Gasteiger partial charge in [-0.2, -0.15) is 0 Å². The maximum absolute atomic E-state index is 11.8. The van der Waals surface area contributed by atoms with E-state index in [2.05, 4.69) is 0 Å². The number of aliphatic carboxylic acids is 1. The molecule has 1 saturated heterocycles. The monoisotopic (exact) mass is 253 g/mol. The zero-order chi connectivity index (χ0) is 12.3. The second-order valence-electron chi connectivity index (χ2n) is 4.24. The Morgan fingerprint density at radius 1 is 1.53 bits per heavy atom. The Morgan fingerprint density at radius 3 is 2.94 bits per heavy atom. The standard InChI is InChI=1S/C12H15NO3S/c14-11(4-3-10-2-1-7-17-10)13-6-5-9(8-13)12(15)16/h1-2,7,9H,3-6,8H2,(H,15,16). The highest BCUT2D eigenvalue weighted by Gasteiger charge is 2.30. The molecule has 1 unspecified atom stereocenters. The molecule has 5 heteroatoms. The molecule has 17 heavy (non-hydrogen) atoms. The predicted molar refractivity (Wildman–Crippen MR) is 65.0 cm³/mol. The molecule has 1 amide bonds. The second kappa shape index (κ2) is 5.31. The van der Waals surface area contributed by atoms with Gasteiger partial charge in [-0.3, -0.25) is 9.59 Å². The normalized spacial score (nSPS) is 19.5. The van der Waals surface area contributed by atoms with Crippen molar-refractivity contribution in [2.45, 2.75) is 19.3 Å². The topological polar surface area (TPSA) is 57.6 Å². The largest absolute Gasteiger partial charge is 0.481 e. The third kappa shape index (κ3) is 3.06. The van der Waals surface area contributed by atoms with Gasteiger partial charge in [0.25, 0.3) is 0 Å². The molecular formula is C12H15NO3S. The van der Waals surface area contributed by atoms with E-state index in [1.165, 1.54) is 4.88 Å². The molecule has 1 N–H and O–H groups in total. The van der Waals surface area contributed by atoms with E-state index in [0.717, 1.165) is 6.42 Å². The molecule has 92 valence electrons. The average molecular weight is 253 g/mol. The summed E-state index contributed by atoms with van der Waals surface area (Å²) in [6, 6.07) is 3.99. The van der Waals surface area contributed by atoms with Crippen molar-refractivity contribution >= 4 is 23.2 Å². The van der Waals surface area contributed by atoms with Crippen molar-refractivity contribution in [2.75, 3.05) is 13.1 Å². The third-order valence-corrected chi connectivity index (χ3v) is 3.99. The minimum atomic E-state index is -0.793. The molecule has 0 spiro atoms. The number of carboxylic acids is 1. The number of thiophene rings is 1. The lowest BCUT2D eigenvalue weighted by Gasteiger charge is -2.15. The van der Waals surface area contributed by atoms with Crippen LogP contribution in [0.5, 0.6) is 0 Å². The van der Waals surface area contributed by atoms with Crippen LogP contribution in [0, 0.1) is 5.92 Å². The number of rotatable bonds is 4. The van der Waals surface area contributed by atoms with Crippen LogP contribution in [0.2, 0.25) is 0 Å². The van der Waals surface area contributed by atoms with Crippen molar-refractivity contribution in [2.24, 2.45) is 5.92 Å². The van der Waals surface area contributed by atoms with Crippen LogP contribution in [0.15, 0.2) is 17.5 Å². The van der Waals surface area contributed by atoms with Crippen LogP contribution in [0.4, 0.5) is 0 Å². The fourth-order valence-corrected chi connectivity index (χ4v) is 2.74. The summed E-state index contributed by atoms with van der Waals surface area (Å²) >= 11 is 1.65. The van der Waals surface area contributed by atoms with Gasteiger partial charge in [0.05, 0.1) is 5.92 Å². The fourth-order valence-electron chi connectivity index (χ4n) is 2.03. The Bertz CT molecular complexity index is 402. The molecule has 1 aliphatic rings. The van der Waals surface area contributed by atoms with Gasteiger partial charge in [0.2, 0.25) is 5.91 Å². The Labute approximate surface area is 104 Å². The molecule has 2 heterocycles. The van der Waals surface area contributed by atoms with Crippen molar-refractivity contribution < 1.29 is 14.7 Å². The number of likely N-dealkylation sites (tertiary alicyclic amines) is 1. The molecule has 0 bridgehead atoms. The van der Waals surface area contributed by atoms with Gasteiger partial charge in [0.1, 0.15) is 0 Å². The zero-order valence-corrected chi connectivity index (χ0v) is 10.3. The van der Waals surface area contributed by atoms with Gasteiger partial charge in [-0.15, -0.1) is 11.3 Å². The molecule has 0 aromatic carbocycles. The second-order valence-corrected chi connectivity index (χ2v) is 5.28. The number of hydrogen-bond donors (Lipinski definition) is 1. The maximum Gasteiger partial charge on any atom is 0.308 e. The van der Waals surface area contributed by atoms with Crippen LogP contribution in [-0.2, 0) is 16.0 Å². The van der Waals surface area contributed by atoms with Gasteiger partial charge in [-0.1, -0.05) is 6.07 Å². The highest BCUT2D eigenvalue weighted by atomic mass is 32.1. The van der Waals surface area contributed by atoms with Gasteiger partial charge in [-0.25, -0.2) is 0 Å². The van der Waals surface area contributed by atoms with Crippen LogP contribution >= 0.6 is 11.3 Å². The Hall–Kier alpha value is -1.36. The van der Waals surface area contributed by atoms with Crippen LogP contribution in [0.1, 0.15) is 17.7 Å². The highest BCUT2D eigenvalue weighted by Crippen LogP contribution is 2.18. The Morgan fingerprint density at radius 2 is 2.35 bits per heavy atom. The fraction of sp³-hybridized carbons (Fsp3) is 0.500. The van der Waals surface area contributed by atoms with Gasteiger partial charge < -0.3 is 10.0 Å². The van der Waals surface area contributed by atoms with Crippen LogP contribution in [0.25, 0.3) is 0 Å². The first-order valence-corrected chi connectivity index (χ1v) is 6.58. The SMILES string of the molecule is O=C(O)C1CCN(C(=O)CCc2cccs2)C1. The number of hydrogen-bond acceptors (Lipinski definition) is 3. The Balaban J connectivity index is 1.79. The minimum Gasteiger partial charge on any atom is -0.481 e. The van der Waals surface area contributed by atoms with Crippen molar-refractivity contribution in [3.63, 3.8) is 0 Å². The summed E-state index contributed by atoms with van der Waals surface area (Å²) in [5.74, 6) is -1.10. The Kier molecular flexibility index (Phi) is 3.78. The van der Waals surface area contributed by atoms with Gasteiger partial charge in [-0.05, 0) is 24.3 Å². The van der Waals surface area contributed by atoms with Crippen LogP contribution in [-0.4, -0.2) is 35.0 Å². The molecule has 1 aliphatic heterocycles. The molecule has 1 aromatic rings. The summed E-state index contributed by atoms with van der Waals surface area (Å²) in [6.45, 7) is 0.957. The molecule has 2 rings (SSSR count). The minimum absolute atomic E-state index is 0.0714. The van der Waals surface area contributed by atoms with Crippen LogP contribution in [0.3, 0.4) is 0 Å². The molecule has 4 nitrogen and oxygen atoms in total. The number of carbonyl (C=O) groups excluding carboxylic acids is 1. The third-order valence-electron chi connectivity index (χ3n) is 3.06. The lowest BCUT2D eigenvalue weighted by Crippen LogP contribution is -2.30. The summed E-state index contributed by atoms with van der Waals surface area (Å²) in [4.78, 5) is 25.5. The smallest absolute Gasteiger partial charge is 0.308 e. The van der Waals surface area contributed by atoms with Crippen LogP contribution < -0.4 is 0 Å². The van der Waals surface area contributed by atoms with E-state index in [4.69, 9.17) is 5.11 Å². The van der Waals surface area contributed by atoms with E-state index in [1.54, 1.807) is 16.2 Å². The lowest BCUT2D eigenvalue weighted by molar-refractivity contribution is -0.141. The molecule has 0 saturated carbocycles. The van der Waals surface area contributed by atoms with Crippen molar-refractivity contribution in [3.8, 4) is 0 Å². The molecular weight excluding hydrogens is 238 g/mol. The number of carbonyl (C=O) groups is 2. The van der Waals surface area contributed by atoms with E-state index in [1.807, 2.05) is 17.5 Å². The van der Waals surface area contributed by atoms with E-state index in [9.17, 15) is 9.59 Å². The zero-order valence-electron chi connectivity index (χ0n) is 9.46. The summed E-state index contributed by atoms with van der Waals surface area (Å²) in [5, 5.41) is 10.9. The summed E-state index contributed by atoms with van der Waals surface area (Å²) in [6.07, 6.45) is 1.82. The molecule has 0 aliphatic carbocycles. The molecule has 1 atom stereocenters. The maximum atomic E-state index is 11.8. The first-order chi connectivity index (χ1) is 8.16.